The first-order valence-corrected chi connectivity index (χ1v) is 3.66. The van der Waals surface area contributed by atoms with E-state index in [2.05, 4.69) is 5.16 Å². The first-order valence-electron chi connectivity index (χ1n) is 3.66. The Morgan fingerprint density at radius 1 is 1.75 bits per heavy atom. The molecule has 3 N–H and O–H groups in total. The number of nitrogen functional groups attached to an aromatic ring is 1. The molecule has 5 heteroatoms. The Balaban J connectivity index is 3.02. The van der Waals surface area contributed by atoms with Gasteiger partial charge in [-0.1, -0.05) is 12.1 Å². The Kier molecular flexibility index (Phi) is 2.44. The molecule has 0 aromatic carbocycles. The van der Waals surface area contributed by atoms with Gasteiger partial charge in [0.1, 0.15) is 5.76 Å². The first kappa shape index (κ1) is 8.73. The normalized spacial score (nSPS) is 9.92. The molecule has 0 aliphatic heterocycles. The van der Waals surface area contributed by atoms with Gasteiger partial charge in [-0.05, 0) is 6.92 Å². The van der Waals surface area contributed by atoms with Crippen LogP contribution in [-0.4, -0.2) is 11.1 Å². The number of hydrogen-bond acceptors (Lipinski definition) is 4. The number of aryl methyl sites for hydroxylation is 1. The zero-order valence-electron chi connectivity index (χ0n) is 7.05. The maximum atomic E-state index is 11.0. The molecule has 1 aromatic heterocycles. The van der Waals surface area contributed by atoms with Crippen molar-refractivity contribution in [2.75, 3.05) is 0 Å². The Morgan fingerprint density at radius 2 is 2.42 bits per heavy atom. The van der Waals surface area contributed by atoms with Crippen LogP contribution in [0.15, 0.2) is 4.52 Å². The Hall–Kier alpha value is -1.36. The lowest BCUT2D eigenvalue weighted by atomic mass is 10.2. The second kappa shape index (κ2) is 3.36. The van der Waals surface area contributed by atoms with Crippen LogP contribution in [0, 0.1) is 6.92 Å². The van der Waals surface area contributed by atoms with Gasteiger partial charge in [0, 0.05) is 12.0 Å². The molecule has 0 bridgehead atoms. The average Bonchev–Trinajstić information content (AvgIpc) is 2.45. The summed E-state index contributed by atoms with van der Waals surface area (Å²) in [7, 11) is 0. The van der Waals surface area contributed by atoms with Crippen LogP contribution in [0.25, 0.3) is 0 Å². The van der Waals surface area contributed by atoms with Crippen LogP contribution in [0.4, 0.5) is 0 Å². The van der Waals surface area contributed by atoms with Gasteiger partial charge in [0.25, 0.3) is 5.91 Å². The van der Waals surface area contributed by atoms with E-state index in [1.807, 2.05) is 12.3 Å². The van der Waals surface area contributed by atoms with Crippen molar-refractivity contribution in [2.45, 2.75) is 20.3 Å². The van der Waals surface area contributed by atoms with E-state index in [-0.39, 0.29) is 5.69 Å². The molecule has 0 atom stereocenters. The molecule has 5 nitrogen and oxygen atoms in total. The number of amides is 1. The van der Waals surface area contributed by atoms with Crippen LogP contribution in [0.3, 0.4) is 0 Å². The SMILES string of the molecule is CCc1onc(C(=O)NN)c1C. The van der Waals surface area contributed by atoms with E-state index < -0.39 is 5.91 Å². The van der Waals surface area contributed by atoms with Gasteiger partial charge < -0.3 is 4.52 Å². The number of nitrogens with two attached hydrogens (primary N) is 1. The second-order valence-corrected chi connectivity index (χ2v) is 2.41. The fourth-order valence-corrected chi connectivity index (χ4v) is 0.980. The van der Waals surface area contributed by atoms with Crippen molar-refractivity contribution in [1.82, 2.24) is 10.6 Å². The number of carbonyl (C=O) groups excluding carboxylic acids is 1. The van der Waals surface area contributed by atoms with E-state index in [0.29, 0.717) is 5.76 Å². The van der Waals surface area contributed by atoms with Gasteiger partial charge in [0.2, 0.25) is 0 Å². The van der Waals surface area contributed by atoms with Gasteiger partial charge in [0.15, 0.2) is 5.69 Å². The molecule has 0 aliphatic carbocycles. The lowest BCUT2D eigenvalue weighted by Gasteiger charge is -1.93. The smallest absolute Gasteiger partial charge is 0.287 e. The Bertz CT molecular complexity index is 293. The molecule has 66 valence electrons. The van der Waals surface area contributed by atoms with E-state index in [0.717, 1.165) is 12.0 Å². The van der Waals surface area contributed by atoms with Crippen molar-refractivity contribution in [2.24, 2.45) is 5.84 Å². The quantitative estimate of drug-likeness (QED) is 0.375. The predicted molar refractivity (Wildman–Crippen MR) is 42.3 cm³/mol. The molecule has 0 fully saturated rings. The number of rotatable bonds is 2. The van der Waals surface area contributed by atoms with Crippen molar-refractivity contribution >= 4 is 5.91 Å². The van der Waals surface area contributed by atoms with Gasteiger partial charge in [-0.15, -0.1) is 0 Å². The van der Waals surface area contributed by atoms with Crippen molar-refractivity contribution in [3.05, 3.63) is 17.0 Å². The van der Waals surface area contributed by atoms with E-state index in [1.54, 1.807) is 6.92 Å². The van der Waals surface area contributed by atoms with Gasteiger partial charge in [-0.3, -0.25) is 10.2 Å². The summed E-state index contributed by atoms with van der Waals surface area (Å²) < 4.78 is 4.90. The zero-order chi connectivity index (χ0) is 9.14. The highest BCUT2D eigenvalue weighted by molar-refractivity contribution is 5.93. The molecule has 0 unspecified atom stereocenters. The maximum Gasteiger partial charge on any atom is 0.287 e. The summed E-state index contributed by atoms with van der Waals surface area (Å²) in [5.74, 6) is 5.24. The largest absolute Gasteiger partial charge is 0.360 e. The number of nitrogens with zero attached hydrogens (tertiary/aromatic N) is 1. The summed E-state index contributed by atoms with van der Waals surface area (Å²) in [6.07, 6.45) is 0.719. The monoisotopic (exact) mass is 169 g/mol. The Morgan fingerprint density at radius 3 is 2.83 bits per heavy atom. The van der Waals surface area contributed by atoms with Crippen molar-refractivity contribution in [1.29, 1.82) is 0 Å². The van der Waals surface area contributed by atoms with Crippen LogP contribution >= 0.6 is 0 Å². The lowest BCUT2D eigenvalue weighted by Crippen LogP contribution is -2.30. The van der Waals surface area contributed by atoms with E-state index >= 15 is 0 Å². The predicted octanol–water partition coefficient (Wildman–Crippen LogP) is 0.149. The third kappa shape index (κ3) is 1.31. The minimum atomic E-state index is -0.420. The molecule has 0 saturated heterocycles. The first-order chi connectivity index (χ1) is 5.70. The van der Waals surface area contributed by atoms with E-state index in [9.17, 15) is 4.79 Å². The van der Waals surface area contributed by atoms with Gasteiger partial charge in [-0.2, -0.15) is 0 Å². The molecule has 12 heavy (non-hydrogen) atoms. The molecular formula is C7H11N3O2. The summed E-state index contributed by atoms with van der Waals surface area (Å²) in [5, 5.41) is 3.59. The highest BCUT2D eigenvalue weighted by atomic mass is 16.5. The molecule has 0 spiro atoms. The number of aromatic nitrogens is 1. The molecule has 1 rings (SSSR count). The summed E-state index contributed by atoms with van der Waals surface area (Å²) in [6, 6.07) is 0. The molecular weight excluding hydrogens is 158 g/mol. The van der Waals surface area contributed by atoms with Crippen molar-refractivity contribution < 1.29 is 9.32 Å². The minimum Gasteiger partial charge on any atom is -0.360 e. The van der Waals surface area contributed by atoms with Gasteiger partial charge >= 0.3 is 0 Å². The van der Waals surface area contributed by atoms with Crippen LogP contribution in [0.2, 0.25) is 0 Å². The minimum absolute atomic E-state index is 0.259. The third-order valence-corrected chi connectivity index (χ3v) is 1.69. The summed E-state index contributed by atoms with van der Waals surface area (Å²) in [5.41, 5.74) is 3.01. The molecule has 0 saturated carbocycles. The lowest BCUT2D eigenvalue weighted by molar-refractivity contribution is 0.0944. The third-order valence-electron chi connectivity index (χ3n) is 1.69. The zero-order valence-corrected chi connectivity index (χ0v) is 7.05. The van der Waals surface area contributed by atoms with Crippen molar-refractivity contribution in [3.63, 3.8) is 0 Å². The van der Waals surface area contributed by atoms with Gasteiger partial charge in [0.05, 0.1) is 0 Å². The molecule has 1 aromatic rings. The van der Waals surface area contributed by atoms with E-state index in [1.165, 1.54) is 0 Å². The average molecular weight is 169 g/mol. The number of hydrazine groups is 1. The molecule has 1 amide bonds. The Labute approximate surface area is 69.9 Å². The fourth-order valence-electron chi connectivity index (χ4n) is 0.980. The highest BCUT2D eigenvalue weighted by Gasteiger charge is 2.15. The topological polar surface area (TPSA) is 81.2 Å². The second-order valence-electron chi connectivity index (χ2n) is 2.41. The number of carbonyl (C=O) groups is 1. The molecule has 1 heterocycles. The standard InChI is InChI=1S/C7H11N3O2/c1-3-5-4(2)6(10-12-5)7(11)9-8/h3,8H2,1-2H3,(H,9,11). The van der Waals surface area contributed by atoms with E-state index in [4.69, 9.17) is 10.4 Å². The number of hydrogen-bond donors (Lipinski definition) is 2. The van der Waals surface area contributed by atoms with Crippen LogP contribution < -0.4 is 11.3 Å². The fraction of sp³-hybridized carbons (Fsp3) is 0.429. The number of nitrogens with one attached hydrogen (secondary N) is 1. The van der Waals surface area contributed by atoms with Gasteiger partial charge in [-0.25, -0.2) is 5.84 Å². The summed E-state index contributed by atoms with van der Waals surface area (Å²) in [6.45, 7) is 3.71. The van der Waals surface area contributed by atoms with Crippen LogP contribution in [-0.2, 0) is 6.42 Å². The highest BCUT2D eigenvalue weighted by Crippen LogP contribution is 2.12. The summed E-state index contributed by atoms with van der Waals surface area (Å²) in [4.78, 5) is 11.0. The maximum absolute atomic E-state index is 11.0. The molecule has 0 aliphatic rings. The van der Waals surface area contributed by atoms with Crippen LogP contribution in [0.1, 0.15) is 28.7 Å². The molecule has 0 radical (unpaired) electrons. The van der Waals surface area contributed by atoms with Crippen LogP contribution in [0.5, 0.6) is 0 Å². The summed E-state index contributed by atoms with van der Waals surface area (Å²) >= 11 is 0. The van der Waals surface area contributed by atoms with Crippen molar-refractivity contribution in [3.8, 4) is 0 Å².